The van der Waals surface area contributed by atoms with Gasteiger partial charge in [0.2, 0.25) is 0 Å². The van der Waals surface area contributed by atoms with Crippen molar-refractivity contribution in [2.24, 2.45) is 0 Å². The van der Waals surface area contributed by atoms with Crippen molar-refractivity contribution < 1.29 is 28.2 Å². The van der Waals surface area contributed by atoms with Gasteiger partial charge in [0.1, 0.15) is 23.1 Å². The number of hydrogen-bond donors (Lipinski definition) is 1. The number of aliphatic hydroxyl groups is 1. The summed E-state index contributed by atoms with van der Waals surface area (Å²) in [4.78, 5) is 27.0. The fraction of sp³-hybridized carbons (Fsp3) is 0.130. The fourth-order valence-corrected chi connectivity index (χ4v) is 3.54. The van der Waals surface area contributed by atoms with Crippen LogP contribution in [0, 0.1) is 5.82 Å². The van der Waals surface area contributed by atoms with Crippen LogP contribution in [0.15, 0.2) is 76.9 Å². The summed E-state index contributed by atoms with van der Waals surface area (Å²) in [5, 5.41) is 10.9. The summed E-state index contributed by atoms with van der Waals surface area (Å²) in [6.07, 6.45) is 1.46. The third kappa shape index (κ3) is 3.45. The molecule has 4 rings (SSSR count). The zero-order chi connectivity index (χ0) is 21.3. The van der Waals surface area contributed by atoms with Crippen molar-refractivity contribution in [3.05, 3.63) is 95.2 Å². The summed E-state index contributed by atoms with van der Waals surface area (Å²) < 4.78 is 24.4. The topological polar surface area (TPSA) is 80.0 Å². The monoisotopic (exact) mass is 407 g/mol. The Bertz CT molecular complexity index is 1120. The number of halogens is 1. The first-order valence-corrected chi connectivity index (χ1v) is 9.20. The Morgan fingerprint density at radius 2 is 1.90 bits per heavy atom. The molecule has 1 saturated heterocycles. The number of ether oxygens (including phenoxy) is 1. The van der Waals surface area contributed by atoms with Crippen molar-refractivity contribution in [3.8, 4) is 5.75 Å². The molecule has 1 fully saturated rings. The average Bonchev–Trinajstić information content (AvgIpc) is 3.36. The maximum atomic E-state index is 14.0. The van der Waals surface area contributed by atoms with Gasteiger partial charge in [-0.2, -0.15) is 0 Å². The summed E-state index contributed by atoms with van der Waals surface area (Å²) in [6, 6.07) is 14.4. The van der Waals surface area contributed by atoms with Crippen molar-refractivity contribution in [2.45, 2.75) is 12.6 Å². The quantitative estimate of drug-likeness (QED) is 0.392. The highest BCUT2D eigenvalue weighted by Gasteiger charge is 2.46. The molecule has 1 aliphatic heterocycles. The molecule has 1 amide bonds. The van der Waals surface area contributed by atoms with Gasteiger partial charge < -0.3 is 19.2 Å². The molecule has 30 heavy (non-hydrogen) atoms. The van der Waals surface area contributed by atoms with Gasteiger partial charge in [0, 0.05) is 5.56 Å². The smallest absolute Gasteiger partial charge is 0.296 e. The average molecular weight is 407 g/mol. The number of aliphatic hydroxyl groups excluding tert-OH is 1. The van der Waals surface area contributed by atoms with Crippen LogP contribution in [0.2, 0.25) is 0 Å². The second-order valence-electron chi connectivity index (χ2n) is 6.79. The lowest BCUT2D eigenvalue weighted by Gasteiger charge is -2.24. The highest BCUT2D eigenvalue weighted by molar-refractivity contribution is 6.46. The van der Waals surface area contributed by atoms with E-state index in [9.17, 15) is 19.1 Å². The molecule has 0 unspecified atom stereocenters. The second kappa shape index (κ2) is 7.87. The Balaban J connectivity index is 1.85. The summed E-state index contributed by atoms with van der Waals surface area (Å²) in [7, 11) is 1.51. The molecule has 7 heteroatoms. The number of furan rings is 1. The maximum absolute atomic E-state index is 14.0. The molecule has 2 heterocycles. The van der Waals surface area contributed by atoms with E-state index in [-0.39, 0.29) is 17.9 Å². The van der Waals surface area contributed by atoms with Crippen LogP contribution in [0.5, 0.6) is 5.75 Å². The minimum absolute atomic E-state index is 0.00184. The molecule has 3 aromatic rings. The van der Waals surface area contributed by atoms with Crippen LogP contribution in [-0.2, 0) is 16.1 Å². The summed E-state index contributed by atoms with van der Waals surface area (Å²) in [5.74, 6) is -1.46. The van der Waals surface area contributed by atoms with E-state index in [1.54, 1.807) is 42.5 Å². The van der Waals surface area contributed by atoms with Crippen molar-refractivity contribution in [1.29, 1.82) is 0 Å². The van der Waals surface area contributed by atoms with Gasteiger partial charge in [-0.3, -0.25) is 9.59 Å². The number of likely N-dealkylation sites (tertiary alicyclic amines) is 1. The highest BCUT2D eigenvalue weighted by Crippen LogP contribution is 2.40. The number of rotatable bonds is 5. The molecule has 6 nitrogen and oxygen atoms in total. The number of methoxy groups -OCH3 is 1. The third-order valence-corrected chi connectivity index (χ3v) is 4.97. The number of carbonyl (C=O) groups is 2. The first-order valence-electron chi connectivity index (χ1n) is 9.20. The number of ketones is 1. The summed E-state index contributed by atoms with van der Waals surface area (Å²) >= 11 is 0. The fourth-order valence-electron chi connectivity index (χ4n) is 3.54. The van der Waals surface area contributed by atoms with Gasteiger partial charge in [-0.05, 0) is 54.1 Å². The van der Waals surface area contributed by atoms with E-state index in [0.29, 0.717) is 22.6 Å². The molecule has 1 atom stereocenters. The number of benzene rings is 2. The molecule has 0 saturated carbocycles. The van der Waals surface area contributed by atoms with Crippen molar-refractivity contribution in [1.82, 2.24) is 4.90 Å². The zero-order valence-electron chi connectivity index (χ0n) is 16.0. The lowest BCUT2D eigenvalue weighted by molar-refractivity contribution is -0.140. The Kier molecular flexibility index (Phi) is 5.10. The lowest BCUT2D eigenvalue weighted by Crippen LogP contribution is -2.29. The molecule has 0 aliphatic carbocycles. The first kappa shape index (κ1) is 19.4. The van der Waals surface area contributed by atoms with Crippen LogP contribution in [-0.4, -0.2) is 28.8 Å². The second-order valence-corrected chi connectivity index (χ2v) is 6.79. The zero-order valence-corrected chi connectivity index (χ0v) is 16.0. The lowest BCUT2D eigenvalue weighted by atomic mass is 9.95. The SMILES string of the molecule is COc1ccc(/C(O)=C2\C(=O)C(=O)N(Cc3ccco3)[C@H]2c2cccc(F)c2)cc1. The minimum atomic E-state index is -0.965. The third-order valence-electron chi connectivity index (χ3n) is 4.97. The molecule has 1 aliphatic rings. The van der Waals surface area contributed by atoms with E-state index in [1.165, 1.54) is 36.5 Å². The van der Waals surface area contributed by atoms with Gasteiger partial charge in [-0.15, -0.1) is 0 Å². The van der Waals surface area contributed by atoms with Crippen LogP contribution in [0.1, 0.15) is 22.9 Å². The Labute approximate surface area is 171 Å². The van der Waals surface area contributed by atoms with Crippen molar-refractivity contribution in [2.75, 3.05) is 7.11 Å². The van der Waals surface area contributed by atoms with Crippen LogP contribution >= 0.6 is 0 Å². The van der Waals surface area contributed by atoms with Crippen LogP contribution in [0.4, 0.5) is 4.39 Å². The molecule has 0 radical (unpaired) electrons. The van der Waals surface area contributed by atoms with Gasteiger partial charge in [-0.1, -0.05) is 12.1 Å². The highest BCUT2D eigenvalue weighted by atomic mass is 19.1. The summed E-state index contributed by atoms with van der Waals surface area (Å²) in [6.45, 7) is -0.00184. The van der Waals surface area contributed by atoms with Gasteiger partial charge in [0.15, 0.2) is 0 Å². The van der Waals surface area contributed by atoms with Gasteiger partial charge in [-0.25, -0.2) is 4.39 Å². The number of hydrogen-bond acceptors (Lipinski definition) is 5. The number of amides is 1. The van der Waals surface area contributed by atoms with Crippen molar-refractivity contribution >= 4 is 17.4 Å². The molecule has 2 aromatic carbocycles. The normalized spacial score (nSPS) is 18.1. The largest absolute Gasteiger partial charge is 0.507 e. The van der Waals surface area contributed by atoms with E-state index in [1.807, 2.05) is 0 Å². The number of carbonyl (C=O) groups excluding carboxylic acids is 2. The van der Waals surface area contributed by atoms with Crippen molar-refractivity contribution in [3.63, 3.8) is 0 Å². The number of nitrogens with zero attached hydrogens (tertiary/aromatic N) is 1. The van der Waals surface area contributed by atoms with E-state index < -0.39 is 23.5 Å². The Hall–Kier alpha value is -3.87. The summed E-state index contributed by atoms with van der Waals surface area (Å²) in [5.41, 5.74) is 0.603. The molecular weight excluding hydrogens is 389 g/mol. The first-order chi connectivity index (χ1) is 14.5. The molecule has 152 valence electrons. The van der Waals surface area contributed by atoms with Crippen LogP contribution in [0.3, 0.4) is 0 Å². The van der Waals surface area contributed by atoms with E-state index >= 15 is 0 Å². The van der Waals surface area contributed by atoms with E-state index in [2.05, 4.69) is 0 Å². The molecule has 0 spiro atoms. The van der Waals surface area contributed by atoms with Crippen LogP contribution < -0.4 is 4.74 Å². The van der Waals surface area contributed by atoms with Gasteiger partial charge in [0.25, 0.3) is 11.7 Å². The Morgan fingerprint density at radius 1 is 1.13 bits per heavy atom. The minimum Gasteiger partial charge on any atom is -0.507 e. The molecule has 1 N–H and O–H groups in total. The maximum Gasteiger partial charge on any atom is 0.296 e. The predicted molar refractivity (Wildman–Crippen MR) is 106 cm³/mol. The van der Waals surface area contributed by atoms with E-state index in [4.69, 9.17) is 9.15 Å². The van der Waals surface area contributed by atoms with E-state index in [0.717, 1.165) is 0 Å². The Morgan fingerprint density at radius 3 is 2.53 bits per heavy atom. The predicted octanol–water partition coefficient (Wildman–Crippen LogP) is 4.05. The molecular formula is C23H18FNO5. The number of Topliss-reactive ketones (excluding diaryl/α,β-unsaturated/α-hetero) is 1. The molecule has 1 aromatic heterocycles. The van der Waals surface area contributed by atoms with Gasteiger partial charge >= 0.3 is 0 Å². The van der Waals surface area contributed by atoms with Crippen LogP contribution in [0.25, 0.3) is 5.76 Å². The van der Waals surface area contributed by atoms with Gasteiger partial charge in [0.05, 0.1) is 31.5 Å². The standard InChI is InChI=1S/C23H18FNO5/c1-29-17-9-7-14(8-10-17)21(26)19-20(15-4-2-5-16(24)12-15)25(23(28)22(19)27)13-18-6-3-11-30-18/h2-12,20,26H,13H2,1H3/b21-19+/t20-/m0/s1. The molecule has 0 bridgehead atoms.